The SMILES string of the molecule is Cc1cc(Nc2cc(C3CCCCC3)nc3c(-c4ccn(C)c4)cnn23)sn1. The van der Waals surface area contributed by atoms with Crippen LogP contribution < -0.4 is 5.32 Å². The van der Waals surface area contributed by atoms with Crippen LogP contribution in [0.5, 0.6) is 0 Å². The van der Waals surface area contributed by atoms with Gasteiger partial charge in [-0.15, -0.1) is 0 Å². The number of hydrogen-bond acceptors (Lipinski definition) is 5. The summed E-state index contributed by atoms with van der Waals surface area (Å²) < 4.78 is 8.37. The largest absolute Gasteiger partial charge is 0.357 e. The van der Waals surface area contributed by atoms with Gasteiger partial charge in [0.15, 0.2) is 5.65 Å². The van der Waals surface area contributed by atoms with E-state index in [9.17, 15) is 0 Å². The van der Waals surface area contributed by atoms with Gasteiger partial charge < -0.3 is 9.88 Å². The molecule has 0 saturated heterocycles. The Morgan fingerprint density at radius 3 is 2.75 bits per heavy atom. The number of rotatable bonds is 4. The lowest BCUT2D eigenvalue weighted by atomic mass is 9.87. The van der Waals surface area contributed by atoms with Gasteiger partial charge >= 0.3 is 0 Å². The molecule has 0 amide bonds. The Bertz CT molecular complexity index is 1120. The fourth-order valence-corrected chi connectivity index (χ4v) is 4.76. The van der Waals surface area contributed by atoms with Crippen molar-refractivity contribution in [2.45, 2.75) is 44.9 Å². The highest BCUT2D eigenvalue weighted by atomic mass is 32.1. The van der Waals surface area contributed by atoms with Gasteiger partial charge in [0.1, 0.15) is 10.8 Å². The predicted molar refractivity (Wildman–Crippen MR) is 113 cm³/mol. The Kier molecular flexibility index (Phi) is 4.39. The summed E-state index contributed by atoms with van der Waals surface area (Å²) in [6, 6.07) is 6.37. The third-order valence-corrected chi connectivity index (χ3v) is 6.33. The summed E-state index contributed by atoms with van der Waals surface area (Å²) in [6.07, 6.45) is 12.5. The molecule has 6 nitrogen and oxygen atoms in total. The molecule has 0 bridgehead atoms. The van der Waals surface area contributed by atoms with Crippen LogP contribution in [0.4, 0.5) is 10.8 Å². The summed E-state index contributed by atoms with van der Waals surface area (Å²) in [6.45, 7) is 2.01. The van der Waals surface area contributed by atoms with Crippen LogP contribution in [-0.2, 0) is 7.05 Å². The summed E-state index contributed by atoms with van der Waals surface area (Å²) in [5, 5.41) is 9.21. The minimum Gasteiger partial charge on any atom is -0.357 e. The minimum atomic E-state index is 0.529. The number of aromatic nitrogens is 5. The average molecular weight is 393 g/mol. The van der Waals surface area contributed by atoms with Crippen LogP contribution in [0.25, 0.3) is 16.8 Å². The molecule has 1 aliphatic carbocycles. The molecule has 0 aromatic carbocycles. The zero-order valence-electron chi connectivity index (χ0n) is 16.2. The van der Waals surface area contributed by atoms with Gasteiger partial charge in [-0.1, -0.05) is 19.3 Å². The second-order valence-corrected chi connectivity index (χ2v) is 8.52. The van der Waals surface area contributed by atoms with Crippen molar-refractivity contribution in [1.29, 1.82) is 0 Å². The molecule has 1 N–H and O–H groups in total. The second-order valence-electron chi connectivity index (χ2n) is 7.72. The van der Waals surface area contributed by atoms with Crippen LogP contribution in [0.1, 0.15) is 49.4 Å². The quantitative estimate of drug-likeness (QED) is 0.512. The van der Waals surface area contributed by atoms with E-state index in [4.69, 9.17) is 4.98 Å². The summed E-state index contributed by atoms with van der Waals surface area (Å²) >= 11 is 1.47. The van der Waals surface area contributed by atoms with Crippen LogP contribution in [0.15, 0.2) is 36.8 Å². The highest BCUT2D eigenvalue weighted by molar-refractivity contribution is 7.10. The molecule has 1 fully saturated rings. The summed E-state index contributed by atoms with van der Waals surface area (Å²) in [5.74, 6) is 1.48. The van der Waals surface area contributed by atoms with Crippen molar-refractivity contribution in [2.75, 3.05) is 5.32 Å². The van der Waals surface area contributed by atoms with E-state index in [0.29, 0.717) is 5.92 Å². The molecule has 5 rings (SSSR count). The Hall–Kier alpha value is -2.67. The van der Waals surface area contributed by atoms with Gasteiger partial charge in [0, 0.05) is 48.2 Å². The molecule has 7 heteroatoms. The highest BCUT2D eigenvalue weighted by Crippen LogP contribution is 2.35. The van der Waals surface area contributed by atoms with E-state index in [2.05, 4.69) is 49.9 Å². The van der Waals surface area contributed by atoms with Gasteiger partial charge in [0.25, 0.3) is 0 Å². The number of hydrogen-bond donors (Lipinski definition) is 1. The Morgan fingerprint density at radius 2 is 2.04 bits per heavy atom. The normalized spacial score (nSPS) is 15.4. The van der Waals surface area contributed by atoms with Crippen LogP contribution >= 0.6 is 11.5 Å². The van der Waals surface area contributed by atoms with Gasteiger partial charge in [-0.3, -0.25) is 0 Å². The first kappa shape index (κ1) is 17.4. The molecule has 1 aliphatic rings. The fraction of sp³-hybridized carbons (Fsp3) is 0.381. The smallest absolute Gasteiger partial charge is 0.165 e. The molecule has 0 aliphatic heterocycles. The van der Waals surface area contributed by atoms with E-state index >= 15 is 0 Å². The monoisotopic (exact) mass is 392 g/mol. The average Bonchev–Trinajstić information content (AvgIpc) is 3.42. The van der Waals surface area contributed by atoms with Crippen LogP contribution in [0, 0.1) is 6.92 Å². The van der Waals surface area contributed by atoms with E-state index in [0.717, 1.165) is 33.3 Å². The molecular formula is C21H24N6S. The minimum absolute atomic E-state index is 0.529. The van der Waals surface area contributed by atoms with Crippen molar-refractivity contribution in [2.24, 2.45) is 7.05 Å². The van der Waals surface area contributed by atoms with Crippen molar-refractivity contribution >= 4 is 28.0 Å². The first-order valence-corrected chi connectivity index (χ1v) is 10.7. The maximum Gasteiger partial charge on any atom is 0.165 e. The lowest BCUT2D eigenvalue weighted by molar-refractivity contribution is 0.437. The van der Waals surface area contributed by atoms with Gasteiger partial charge in [0.05, 0.1) is 11.9 Å². The molecule has 4 aromatic heterocycles. The van der Waals surface area contributed by atoms with Crippen molar-refractivity contribution in [3.63, 3.8) is 0 Å². The number of aryl methyl sites for hydroxylation is 2. The lowest BCUT2D eigenvalue weighted by Crippen LogP contribution is -2.10. The van der Waals surface area contributed by atoms with Crippen LogP contribution in [-0.4, -0.2) is 23.5 Å². The summed E-state index contributed by atoms with van der Waals surface area (Å²) in [4.78, 5) is 5.09. The van der Waals surface area contributed by atoms with E-state index in [1.807, 2.05) is 24.7 Å². The molecule has 0 unspecified atom stereocenters. The van der Waals surface area contributed by atoms with Gasteiger partial charge in [0.2, 0.25) is 0 Å². The molecule has 0 atom stereocenters. The van der Waals surface area contributed by atoms with Gasteiger partial charge in [-0.05, 0) is 43.4 Å². The van der Waals surface area contributed by atoms with Crippen molar-refractivity contribution in [3.05, 3.63) is 48.2 Å². The molecule has 0 spiro atoms. The molecule has 144 valence electrons. The van der Waals surface area contributed by atoms with E-state index in [-0.39, 0.29) is 0 Å². The topological polar surface area (TPSA) is 60.0 Å². The Labute approximate surface area is 168 Å². The lowest BCUT2D eigenvalue weighted by Gasteiger charge is -2.22. The molecule has 4 heterocycles. The first-order chi connectivity index (χ1) is 13.7. The molecule has 4 aromatic rings. The maximum absolute atomic E-state index is 5.09. The van der Waals surface area contributed by atoms with Crippen molar-refractivity contribution < 1.29 is 0 Å². The van der Waals surface area contributed by atoms with E-state index < -0.39 is 0 Å². The Balaban J connectivity index is 1.64. The van der Waals surface area contributed by atoms with Crippen LogP contribution in [0.3, 0.4) is 0 Å². The number of nitrogens with one attached hydrogen (secondary N) is 1. The molecular weight excluding hydrogens is 368 g/mol. The standard InChI is InChI=1S/C21H24N6S/c1-14-10-20(28-25-14)24-19-11-18(15-6-4-3-5-7-15)23-21-17(12-22-27(19)21)16-8-9-26(2)13-16/h8-13,15,24H,3-7H2,1-2H3. The van der Waals surface area contributed by atoms with Gasteiger partial charge in [-0.25, -0.2) is 4.98 Å². The van der Waals surface area contributed by atoms with Crippen molar-refractivity contribution in [3.8, 4) is 11.1 Å². The Morgan fingerprint density at radius 1 is 1.18 bits per heavy atom. The molecule has 28 heavy (non-hydrogen) atoms. The number of fused-ring (bicyclic) bond motifs is 1. The maximum atomic E-state index is 5.09. The zero-order valence-corrected chi connectivity index (χ0v) is 17.0. The second kappa shape index (κ2) is 7.05. The fourth-order valence-electron chi connectivity index (χ4n) is 4.09. The summed E-state index contributed by atoms with van der Waals surface area (Å²) in [5.41, 5.74) is 5.33. The third-order valence-electron chi connectivity index (χ3n) is 5.54. The van der Waals surface area contributed by atoms with Crippen molar-refractivity contribution in [1.82, 2.24) is 23.5 Å². The van der Waals surface area contributed by atoms with E-state index in [1.165, 1.54) is 49.3 Å². The van der Waals surface area contributed by atoms with Crippen LogP contribution in [0.2, 0.25) is 0 Å². The summed E-state index contributed by atoms with van der Waals surface area (Å²) in [7, 11) is 2.04. The third kappa shape index (κ3) is 3.20. The van der Waals surface area contributed by atoms with Gasteiger partial charge in [-0.2, -0.15) is 14.0 Å². The molecule has 1 saturated carbocycles. The predicted octanol–water partition coefficient (Wildman–Crippen LogP) is 5.29. The number of anilines is 2. The highest BCUT2D eigenvalue weighted by Gasteiger charge is 2.21. The first-order valence-electron chi connectivity index (χ1n) is 9.89. The zero-order chi connectivity index (χ0) is 19.1. The number of nitrogens with zero attached hydrogens (tertiary/aromatic N) is 5. The molecule has 0 radical (unpaired) electrons. The van der Waals surface area contributed by atoms with E-state index in [1.54, 1.807) is 0 Å².